The molecule has 0 bridgehead atoms. The van der Waals surface area contributed by atoms with Gasteiger partial charge in [0.2, 0.25) is 5.91 Å². The summed E-state index contributed by atoms with van der Waals surface area (Å²) < 4.78 is 15.8. The zero-order valence-corrected chi connectivity index (χ0v) is 20.0. The fraction of sp³-hybridized carbons (Fsp3) is 0.522. The van der Waals surface area contributed by atoms with E-state index < -0.39 is 17.6 Å². The van der Waals surface area contributed by atoms with Crippen LogP contribution < -0.4 is 20.5 Å². The summed E-state index contributed by atoms with van der Waals surface area (Å²) in [7, 11) is 3.18. The number of ether oxygens (including phenoxy) is 3. The number of nitrogens with one attached hydrogen (secondary N) is 1. The Hall–Kier alpha value is -3.23. The Balaban J connectivity index is 2.68. The number of hydrogen-bond donors (Lipinski definition) is 2. The van der Waals surface area contributed by atoms with Gasteiger partial charge in [0.1, 0.15) is 5.60 Å². The summed E-state index contributed by atoms with van der Waals surface area (Å²) in [6.45, 7) is 9.83. The van der Waals surface area contributed by atoms with E-state index in [2.05, 4.69) is 5.32 Å². The van der Waals surface area contributed by atoms with Gasteiger partial charge in [0.05, 0.1) is 7.11 Å². The molecule has 3 amide bonds. The van der Waals surface area contributed by atoms with Gasteiger partial charge in [0.25, 0.3) is 5.91 Å². The van der Waals surface area contributed by atoms with Gasteiger partial charge in [-0.05, 0) is 50.0 Å². The van der Waals surface area contributed by atoms with E-state index in [4.69, 9.17) is 19.9 Å². The maximum absolute atomic E-state index is 12.5. The predicted octanol–water partition coefficient (Wildman–Crippen LogP) is 2.58. The Bertz CT molecular complexity index is 843. The SMILES string of the molecule is COc1cc(C=CC(=O)N(C)CC(C)(C)CNC(=O)OC(C)(C)C)ccc1OCC(N)=O. The maximum Gasteiger partial charge on any atom is 0.407 e. The molecule has 9 heteroatoms. The van der Waals surface area contributed by atoms with Crippen molar-refractivity contribution < 1.29 is 28.6 Å². The van der Waals surface area contributed by atoms with Crippen molar-refractivity contribution in [1.82, 2.24) is 10.2 Å². The molecule has 1 aromatic carbocycles. The third-order valence-corrected chi connectivity index (χ3v) is 4.13. The van der Waals surface area contributed by atoms with Crippen LogP contribution in [0.5, 0.6) is 11.5 Å². The molecule has 9 nitrogen and oxygen atoms in total. The van der Waals surface area contributed by atoms with Crippen LogP contribution in [-0.4, -0.2) is 62.3 Å². The Morgan fingerprint density at radius 1 is 1.12 bits per heavy atom. The minimum atomic E-state index is -0.589. The number of methoxy groups -OCH3 is 1. The fourth-order valence-electron chi connectivity index (χ4n) is 2.75. The molecular weight excluding hydrogens is 414 g/mol. The summed E-state index contributed by atoms with van der Waals surface area (Å²) in [5.74, 6) is 0.0203. The molecule has 3 N–H and O–H groups in total. The van der Waals surface area contributed by atoms with Gasteiger partial charge in [-0.2, -0.15) is 0 Å². The van der Waals surface area contributed by atoms with Crippen molar-refractivity contribution in [3.05, 3.63) is 29.8 Å². The second kappa shape index (κ2) is 11.4. The summed E-state index contributed by atoms with van der Waals surface area (Å²) in [6, 6.07) is 5.06. The van der Waals surface area contributed by atoms with Crippen molar-refractivity contribution in [2.45, 2.75) is 40.2 Å². The summed E-state index contributed by atoms with van der Waals surface area (Å²) in [5.41, 5.74) is 4.88. The van der Waals surface area contributed by atoms with Crippen molar-refractivity contribution >= 4 is 24.0 Å². The van der Waals surface area contributed by atoms with Gasteiger partial charge in [-0.1, -0.05) is 19.9 Å². The van der Waals surface area contributed by atoms with Crippen molar-refractivity contribution in [3.8, 4) is 11.5 Å². The number of alkyl carbamates (subject to hydrolysis) is 1. The van der Waals surface area contributed by atoms with Crippen LogP contribution in [0.15, 0.2) is 24.3 Å². The number of likely N-dealkylation sites (N-methyl/N-ethyl adjacent to an activating group) is 1. The lowest BCUT2D eigenvalue weighted by Crippen LogP contribution is -2.43. The van der Waals surface area contributed by atoms with Gasteiger partial charge in [-0.3, -0.25) is 9.59 Å². The third-order valence-electron chi connectivity index (χ3n) is 4.13. The van der Waals surface area contributed by atoms with Crippen LogP contribution in [0, 0.1) is 5.41 Å². The first-order valence-electron chi connectivity index (χ1n) is 10.2. The van der Waals surface area contributed by atoms with E-state index in [0.29, 0.717) is 24.6 Å². The van der Waals surface area contributed by atoms with E-state index in [1.54, 1.807) is 57.0 Å². The predicted molar refractivity (Wildman–Crippen MR) is 122 cm³/mol. The van der Waals surface area contributed by atoms with Crippen LogP contribution in [0.2, 0.25) is 0 Å². The first-order chi connectivity index (χ1) is 14.7. The molecule has 1 aromatic rings. The molecule has 0 aliphatic heterocycles. The van der Waals surface area contributed by atoms with Crippen LogP contribution >= 0.6 is 0 Å². The molecule has 0 heterocycles. The number of amides is 3. The summed E-state index contributed by atoms with van der Waals surface area (Å²) in [6.07, 6.45) is 2.62. The number of nitrogens with zero attached hydrogens (tertiary/aromatic N) is 1. The molecule has 178 valence electrons. The van der Waals surface area contributed by atoms with Crippen LogP contribution in [0.4, 0.5) is 4.79 Å². The number of nitrogens with two attached hydrogens (primary N) is 1. The Morgan fingerprint density at radius 2 is 1.78 bits per heavy atom. The first kappa shape index (κ1) is 26.8. The highest BCUT2D eigenvalue weighted by Crippen LogP contribution is 2.28. The molecule has 0 aliphatic carbocycles. The molecule has 0 aliphatic rings. The third kappa shape index (κ3) is 10.2. The molecule has 0 fully saturated rings. The fourth-order valence-corrected chi connectivity index (χ4v) is 2.75. The topological polar surface area (TPSA) is 120 Å². The van der Waals surface area contributed by atoms with Gasteiger partial charge >= 0.3 is 6.09 Å². The smallest absolute Gasteiger partial charge is 0.407 e. The zero-order valence-electron chi connectivity index (χ0n) is 20.0. The number of benzene rings is 1. The number of primary amides is 1. The second-order valence-electron chi connectivity index (χ2n) is 9.21. The molecule has 0 atom stereocenters. The maximum atomic E-state index is 12.5. The molecule has 0 radical (unpaired) electrons. The van der Waals surface area contributed by atoms with E-state index in [-0.39, 0.29) is 17.9 Å². The zero-order chi connectivity index (χ0) is 24.5. The normalized spacial score (nSPS) is 11.7. The lowest BCUT2D eigenvalue weighted by atomic mass is 9.93. The average Bonchev–Trinajstić information content (AvgIpc) is 2.67. The second-order valence-corrected chi connectivity index (χ2v) is 9.21. The minimum Gasteiger partial charge on any atom is -0.493 e. The van der Waals surface area contributed by atoms with E-state index in [1.165, 1.54) is 13.2 Å². The van der Waals surface area contributed by atoms with Crippen molar-refractivity contribution in [2.75, 3.05) is 33.9 Å². The monoisotopic (exact) mass is 449 g/mol. The molecule has 0 unspecified atom stereocenters. The van der Waals surface area contributed by atoms with E-state index >= 15 is 0 Å². The Labute approximate surface area is 189 Å². The van der Waals surface area contributed by atoms with Gasteiger partial charge in [-0.25, -0.2) is 4.79 Å². The average molecular weight is 450 g/mol. The van der Waals surface area contributed by atoms with Crippen molar-refractivity contribution in [3.63, 3.8) is 0 Å². The molecule has 0 spiro atoms. The Kier molecular flexibility index (Phi) is 9.55. The van der Waals surface area contributed by atoms with Gasteiger partial charge in [0.15, 0.2) is 18.1 Å². The van der Waals surface area contributed by atoms with Gasteiger partial charge in [0, 0.05) is 26.2 Å². The van der Waals surface area contributed by atoms with E-state index in [0.717, 1.165) is 5.56 Å². The number of hydrogen-bond acceptors (Lipinski definition) is 6. The van der Waals surface area contributed by atoms with Crippen LogP contribution in [0.3, 0.4) is 0 Å². The lowest BCUT2D eigenvalue weighted by Gasteiger charge is -2.30. The van der Waals surface area contributed by atoms with Crippen LogP contribution in [-0.2, 0) is 14.3 Å². The van der Waals surface area contributed by atoms with Crippen LogP contribution in [0.25, 0.3) is 6.08 Å². The van der Waals surface area contributed by atoms with E-state index in [1.807, 2.05) is 13.8 Å². The largest absolute Gasteiger partial charge is 0.493 e. The highest BCUT2D eigenvalue weighted by molar-refractivity contribution is 5.91. The molecule has 0 saturated heterocycles. The molecular formula is C23H35N3O6. The number of carbonyl (C=O) groups excluding carboxylic acids is 3. The van der Waals surface area contributed by atoms with Crippen molar-refractivity contribution in [2.24, 2.45) is 11.1 Å². The Morgan fingerprint density at radius 3 is 2.34 bits per heavy atom. The number of carbonyl (C=O) groups is 3. The van der Waals surface area contributed by atoms with Gasteiger partial charge in [-0.15, -0.1) is 0 Å². The highest BCUT2D eigenvalue weighted by atomic mass is 16.6. The highest BCUT2D eigenvalue weighted by Gasteiger charge is 2.24. The van der Waals surface area contributed by atoms with Crippen molar-refractivity contribution in [1.29, 1.82) is 0 Å². The molecule has 32 heavy (non-hydrogen) atoms. The molecule has 0 aromatic heterocycles. The quantitative estimate of drug-likeness (QED) is 0.530. The summed E-state index contributed by atoms with van der Waals surface area (Å²) in [5, 5.41) is 2.75. The summed E-state index contributed by atoms with van der Waals surface area (Å²) in [4.78, 5) is 36.9. The molecule has 0 saturated carbocycles. The van der Waals surface area contributed by atoms with E-state index in [9.17, 15) is 14.4 Å². The van der Waals surface area contributed by atoms with Crippen LogP contribution in [0.1, 0.15) is 40.2 Å². The minimum absolute atomic E-state index is 0.191. The summed E-state index contributed by atoms with van der Waals surface area (Å²) >= 11 is 0. The first-order valence-corrected chi connectivity index (χ1v) is 10.2. The number of rotatable bonds is 10. The standard InChI is InChI=1S/C23H35N3O6/c1-22(2,3)32-21(29)25-14-23(4,5)15-26(6)20(28)11-9-16-8-10-17(18(12-16)30-7)31-13-19(24)27/h8-12H,13-15H2,1-7H3,(H2,24,27)(H,25,29). The lowest BCUT2D eigenvalue weighted by molar-refractivity contribution is -0.126. The molecule has 1 rings (SSSR count). The van der Waals surface area contributed by atoms with Gasteiger partial charge < -0.3 is 30.2 Å².